The Bertz CT molecular complexity index is 242. The molecule has 1 rings (SSSR count). The molecule has 1 heterocycles. The average Bonchev–Trinajstić information content (AvgIpc) is 2.55. The maximum Gasteiger partial charge on any atom is 0.335 e. The summed E-state index contributed by atoms with van der Waals surface area (Å²) in [7, 11) is 0. The highest BCUT2D eigenvalue weighted by molar-refractivity contribution is 5.86. The number of aliphatic hydroxyl groups excluding tert-OH is 1. The molecule has 0 spiro atoms. The van der Waals surface area contributed by atoms with Gasteiger partial charge in [0.15, 0.2) is 6.29 Å². The van der Waals surface area contributed by atoms with Crippen molar-refractivity contribution in [3.63, 3.8) is 0 Å². The lowest BCUT2D eigenvalue weighted by Gasteiger charge is -2.04. The van der Waals surface area contributed by atoms with Gasteiger partial charge in [-0.3, -0.25) is 0 Å². The number of hydrogen-bond donors (Lipinski definition) is 3. The monoisotopic (exact) mass is 216 g/mol. The Morgan fingerprint density at radius 3 is 2.13 bits per heavy atom. The van der Waals surface area contributed by atoms with Gasteiger partial charge in [0.2, 0.25) is 0 Å². The second-order valence-corrected chi connectivity index (χ2v) is 2.97. The maximum atomic E-state index is 10.5. The van der Waals surface area contributed by atoms with Crippen LogP contribution >= 0.6 is 0 Å². The van der Waals surface area contributed by atoms with Gasteiger partial charge in [0.1, 0.15) is 0 Å². The second kappa shape index (κ2) is 6.83. The SMILES string of the molecule is C=C(C)C(=O)OC(C)O.O=C1NCCN1. The van der Waals surface area contributed by atoms with Crippen LogP contribution in [0.25, 0.3) is 0 Å². The highest BCUT2D eigenvalue weighted by Crippen LogP contribution is 1.94. The van der Waals surface area contributed by atoms with E-state index in [-0.39, 0.29) is 11.6 Å². The van der Waals surface area contributed by atoms with Gasteiger partial charge in [-0.15, -0.1) is 0 Å². The van der Waals surface area contributed by atoms with Gasteiger partial charge in [-0.05, 0) is 13.8 Å². The molecule has 1 unspecified atom stereocenters. The standard InChI is InChI=1S/C6H10O3.C3H6N2O/c1-4(2)6(8)9-5(3)7;6-3-4-1-2-5-3/h5,7H,1H2,2-3H3;1-2H2,(H2,4,5,6). The first kappa shape index (κ1) is 13.4. The molecule has 3 N–H and O–H groups in total. The van der Waals surface area contributed by atoms with Crippen molar-refractivity contribution in [1.29, 1.82) is 0 Å². The molecule has 0 saturated carbocycles. The van der Waals surface area contributed by atoms with Gasteiger partial charge in [-0.25, -0.2) is 9.59 Å². The summed E-state index contributed by atoms with van der Waals surface area (Å²) in [6.07, 6.45) is -1.05. The quantitative estimate of drug-likeness (QED) is 0.337. The molecule has 0 aromatic carbocycles. The lowest BCUT2D eigenvalue weighted by Crippen LogP contribution is -2.20. The minimum atomic E-state index is -1.05. The van der Waals surface area contributed by atoms with Crippen molar-refractivity contribution in [2.24, 2.45) is 0 Å². The molecule has 6 nitrogen and oxygen atoms in total. The number of rotatable bonds is 2. The number of hydrogen-bond acceptors (Lipinski definition) is 4. The summed E-state index contributed by atoms with van der Waals surface area (Å²) in [5.41, 5.74) is 0.288. The molecule has 1 aliphatic rings. The zero-order valence-corrected chi connectivity index (χ0v) is 8.87. The van der Waals surface area contributed by atoms with Crippen LogP contribution in [0, 0.1) is 0 Å². The molecule has 0 aromatic heterocycles. The van der Waals surface area contributed by atoms with Gasteiger partial charge in [-0.2, -0.15) is 0 Å². The Balaban J connectivity index is 0.000000280. The van der Waals surface area contributed by atoms with E-state index in [4.69, 9.17) is 5.11 Å². The summed E-state index contributed by atoms with van der Waals surface area (Å²) >= 11 is 0. The van der Waals surface area contributed by atoms with Crippen LogP contribution in [-0.2, 0) is 9.53 Å². The smallest absolute Gasteiger partial charge is 0.335 e. The Kier molecular flexibility index (Phi) is 6.12. The Labute approximate surface area is 88.3 Å². The highest BCUT2D eigenvalue weighted by Gasteiger charge is 2.05. The van der Waals surface area contributed by atoms with Crippen molar-refractivity contribution in [1.82, 2.24) is 10.6 Å². The molecule has 1 aliphatic heterocycles. The van der Waals surface area contributed by atoms with Crippen LogP contribution in [0.15, 0.2) is 12.2 Å². The van der Waals surface area contributed by atoms with E-state index >= 15 is 0 Å². The van der Waals surface area contributed by atoms with Crippen molar-refractivity contribution in [2.75, 3.05) is 13.1 Å². The first-order valence-electron chi connectivity index (χ1n) is 4.49. The topological polar surface area (TPSA) is 87.7 Å². The largest absolute Gasteiger partial charge is 0.433 e. The summed E-state index contributed by atoms with van der Waals surface area (Å²) in [5.74, 6) is -0.565. The number of aliphatic hydroxyl groups is 1. The molecular weight excluding hydrogens is 200 g/mol. The van der Waals surface area contributed by atoms with Crippen LogP contribution in [0.5, 0.6) is 0 Å². The van der Waals surface area contributed by atoms with Gasteiger partial charge in [0, 0.05) is 18.7 Å². The number of carbonyl (C=O) groups is 2. The molecule has 86 valence electrons. The summed E-state index contributed by atoms with van der Waals surface area (Å²) in [4.78, 5) is 20.5. The predicted molar refractivity (Wildman–Crippen MR) is 54.0 cm³/mol. The predicted octanol–water partition coefficient (Wildman–Crippen LogP) is -0.257. The van der Waals surface area contributed by atoms with Gasteiger partial charge in [-0.1, -0.05) is 6.58 Å². The number of carbonyl (C=O) groups excluding carboxylic acids is 2. The van der Waals surface area contributed by atoms with E-state index < -0.39 is 12.3 Å². The van der Waals surface area contributed by atoms with Gasteiger partial charge in [0.05, 0.1) is 0 Å². The average molecular weight is 216 g/mol. The molecule has 0 aromatic rings. The molecule has 0 radical (unpaired) electrons. The lowest BCUT2D eigenvalue weighted by atomic mass is 10.4. The van der Waals surface area contributed by atoms with E-state index in [1.807, 2.05) is 0 Å². The first-order chi connectivity index (χ1) is 6.93. The van der Waals surface area contributed by atoms with E-state index in [0.717, 1.165) is 13.1 Å². The van der Waals surface area contributed by atoms with Crippen molar-refractivity contribution in [3.05, 3.63) is 12.2 Å². The number of urea groups is 1. The van der Waals surface area contributed by atoms with Crippen LogP contribution in [0.2, 0.25) is 0 Å². The van der Waals surface area contributed by atoms with Gasteiger partial charge < -0.3 is 20.5 Å². The number of ether oxygens (including phenoxy) is 1. The number of esters is 1. The summed E-state index contributed by atoms with van der Waals surface area (Å²) in [6.45, 7) is 7.76. The summed E-state index contributed by atoms with van der Waals surface area (Å²) in [6, 6.07) is -0.0463. The third-order valence-electron chi connectivity index (χ3n) is 1.32. The van der Waals surface area contributed by atoms with Crippen molar-refractivity contribution < 1.29 is 19.4 Å². The summed E-state index contributed by atoms with van der Waals surface area (Å²) < 4.78 is 4.33. The molecule has 0 bridgehead atoms. The fourth-order valence-electron chi connectivity index (χ4n) is 0.670. The highest BCUT2D eigenvalue weighted by atomic mass is 16.6. The van der Waals surface area contributed by atoms with E-state index in [1.165, 1.54) is 13.8 Å². The van der Waals surface area contributed by atoms with Gasteiger partial charge in [0.25, 0.3) is 0 Å². The zero-order valence-electron chi connectivity index (χ0n) is 8.87. The Morgan fingerprint density at radius 1 is 1.53 bits per heavy atom. The molecule has 15 heavy (non-hydrogen) atoms. The van der Waals surface area contributed by atoms with Gasteiger partial charge >= 0.3 is 12.0 Å². The lowest BCUT2D eigenvalue weighted by molar-refractivity contribution is -0.159. The number of amides is 2. The summed E-state index contributed by atoms with van der Waals surface area (Å²) in [5, 5.41) is 13.6. The normalized spacial score (nSPS) is 15.3. The van der Waals surface area contributed by atoms with E-state index in [1.54, 1.807) is 0 Å². The molecule has 1 fully saturated rings. The van der Waals surface area contributed by atoms with Crippen molar-refractivity contribution in [2.45, 2.75) is 20.1 Å². The molecule has 2 amide bonds. The van der Waals surface area contributed by atoms with Crippen molar-refractivity contribution in [3.8, 4) is 0 Å². The Hall–Kier alpha value is -1.56. The maximum absolute atomic E-state index is 10.5. The van der Waals surface area contributed by atoms with E-state index in [2.05, 4.69) is 21.9 Å². The van der Waals surface area contributed by atoms with Crippen LogP contribution in [0.4, 0.5) is 4.79 Å². The molecular formula is C9H16N2O4. The first-order valence-corrected chi connectivity index (χ1v) is 4.49. The molecule has 0 aliphatic carbocycles. The van der Waals surface area contributed by atoms with E-state index in [9.17, 15) is 9.59 Å². The van der Waals surface area contributed by atoms with Crippen molar-refractivity contribution >= 4 is 12.0 Å². The van der Waals surface area contributed by atoms with Crippen LogP contribution in [0.3, 0.4) is 0 Å². The molecule has 1 saturated heterocycles. The number of nitrogens with one attached hydrogen (secondary N) is 2. The fraction of sp³-hybridized carbons (Fsp3) is 0.556. The minimum Gasteiger partial charge on any atom is -0.433 e. The van der Waals surface area contributed by atoms with Crippen LogP contribution < -0.4 is 10.6 Å². The third kappa shape index (κ3) is 7.51. The van der Waals surface area contributed by atoms with Crippen LogP contribution in [0.1, 0.15) is 13.8 Å². The molecule has 1 atom stereocenters. The third-order valence-corrected chi connectivity index (χ3v) is 1.32. The zero-order chi connectivity index (χ0) is 11.8. The fourth-order valence-corrected chi connectivity index (χ4v) is 0.670. The minimum absolute atomic E-state index is 0.0463. The van der Waals surface area contributed by atoms with Crippen LogP contribution in [-0.4, -0.2) is 36.5 Å². The second-order valence-electron chi connectivity index (χ2n) is 2.97. The Morgan fingerprint density at radius 2 is 2.00 bits per heavy atom. The molecule has 6 heteroatoms. The van der Waals surface area contributed by atoms with E-state index in [0.29, 0.717) is 0 Å².